The number of rotatable bonds is 5. The SMILES string of the molecule is CCCOc1ncnc(Nc2cc(C)ccc2Cl)c1N. The largest absolute Gasteiger partial charge is 0.476 e. The lowest BCUT2D eigenvalue weighted by molar-refractivity contribution is 0.307. The number of aryl methyl sites for hydroxylation is 1. The fourth-order valence-corrected chi connectivity index (χ4v) is 1.82. The third kappa shape index (κ3) is 3.30. The van der Waals surface area contributed by atoms with Gasteiger partial charge in [-0.2, -0.15) is 4.98 Å². The van der Waals surface area contributed by atoms with Gasteiger partial charge in [-0.05, 0) is 31.0 Å². The molecule has 0 saturated heterocycles. The first-order chi connectivity index (χ1) is 9.61. The number of nitrogens with two attached hydrogens (primary N) is 1. The van der Waals surface area contributed by atoms with Crippen LogP contribution in [0, 0.1) is 6.92 Å². The van der Waals surface area contributed by atoms with E-state index in [1.807, 2.05) is 32.0 Å². The van der Waals surface area contributed by atoms with Crippen molar-refractivity contribution in [3.05, 3.63) is 35.1 Å². The van der Waals surface area contributed by atoms with Crippen LogP contribution < -0.4 is 15.8 Å². The molecule has 1 aromatic carbocycles. The highest BCUT2D eigenvalue weighted by molar-refractivity contribution is 6.33. The Balaban J connectivity index is 2.27. The molecule has 1 heterocycles. The van der Waals surface area contributed by atoms with Crippen LogP contribution in [-0.4, -0.2) is 16.6 Å². The number of hydrogen-bond donors (Lipinski definition) is 2. The van der Waals surface area contributed by atoms with Crippen molar-refractivity contribution in [3.63, 3.8) is 0 Å². The molecule has 20 heavy (non-hydrogen) atoms. The molecule has 0 amide bonds. The molecule has 0 aliphatic carbocycles. The molecule has 106 valence electrons. The Morgan fingerprint density at radius 2 is 2.15 bits per heavy atom. The molecule has 0 fully saturated rings. The van der Waals surface area contributed by atoms with Crippen molar-refractivity contribution >= 4 is 28.8 Å². The normalized spacial score (nSPS) is 10.3. The lowest BCUT2D eigenvalue weighted by Gasteiger charge is -2.12. The number of aromatic nitrogens is 2. The van der Waals surface area contributed by atoms with Gasteiger partial charge < -0.3 is 15.8 Å². The van der Waals surface area contributed by atoms with Crippen LogP contribution in [0.5, 0.6) is 5.88 Å². The highest BCUT2D eigenvalue weighted by atomic mass is 35.5. The Kier molecular flexibility index (Phi) is 4.63. The van der Waals surface area contributed by atoms with E-state index in [2.05, 4.69) is 15.3 Å². The van der Waals surface area contributed by atoms with E-state index in [0.717, 1.165) is 17.7 Å². The van der Waals surface area contributed by atoms with Gasteiger partial charge in [0.25, 0.3) is 0 Å². The highest BCUT2D eigenvalue weighted by Crippen LogP contribution is 2.31. The van der Waals surface area contributed by atoms with Crippen molar-refractivity contribution in [3.8, 4) is 5.88 Å². The van der Waals surface area contributed by atoms with Gasteiger partial charge in [0, 0.05) is 0 Å². The van der Waals surface area contributed by atoms with Crippen molar-refractivity contribution in [1.29, 1.82) is 0 Å². The van der Waals surface area contributed by atoms with Crippen molar-refractivity contribution in [1.82, 2.24) is 9.97 Å². The summed E-state index contributed by atoms with van der Waals surface area (Å²) in [5.74, 6) is 0.867. The summed E-state index contributed by atoms with van der Waals surface area (Å²) in [7, 11) is 0. The molecule has 0 atom stereocenters. The number of nitrogen functional groups attached to an aromatic ring is 1. The summed E-state index contributed by atoms with van der Waals surface area (Å²) < 4.78 is 5.47. The average molecular weight is 293 g/mol. The zero-order valence-corrected chi connectivity index (χ0v) is 12.2. The third-order valence-electron chi connectivity index (χ3n) is 2.67. The fraction of sp³-hybridized carbons (Fsp3) is 0.286. The lowest BCUT2D eigenvalue weighted by Crippen LogP contribution is -2.06. The molecule has 0 radical (unpaired) electrons. The Morgan fingerprint density at radius 1 is 1.35 bits per heavy atom. The molecular weight excluding hydrogens is 276 g/mol. The minimum Gasteiger partial charge on any atom is -0.476 e. The fourth-order valence-electron chi connectivity index (χ4n) is 1.66. The van der Waals surface area contributed by atoms with Crippen LogP contribution in [0.3, 0.4) is 0 Å². The second-order valence-electron chi connectivity index (χ2n) is 4.40. The maximum Gasteiger partial charge on any atom is 0.242 e. The minimum atomic E-state index is 0.374. The second-order valence-corrected chi connectivity index (χ2v) is 4.81. The number of nitrogens with one attached hydrogen (secondary N) is 1. The number of hydrogen-bond acceptors (Lipinski definition) is 5. The van der Waals surface area contributed by atoms with Crippen molar-refractivity contribution in [2.24, 2.45) is 0 Å². The van der Waals surface area contributed by atoms with Gasteiger partial charge in [-0.25, -0.2) is 4.98 Å². The first kappa shape index (κ1) is 14.4. The van der Waals surface area contributed by atoms with Gasteiger partial charge >= 0.3 is 0 Å². The summed E-state index contributed by atoms with van der Waals surface area (Å²) in [6.07, 6.45) is 2.29. The van der Waals surface area contributed by atoms with Gasteiger partial charge in [-0.3, -0.25) is 0 Å². The van der Waals surface area contributed by atoms with E-state index in [1.54, 1.807) is 0 Å². The molecule has 2 aromatic rings. The van der Waals surface area contributed by atoms with Crippen LogP contribution in [0.25, 0.3) is 0 Å². The molecule has 6 heteroatoms. The average Bonchev–Trinajstić information content (AvgIpc) is 2.44. The molecular formula is C14H17ClN4O. The van der Waals surface area contributed by atoms with Crippen LogP contribution in [-0.2, 0) is 0 Å². The van der Waals surface area contributed by atoms with Crippen molar-refractivity contribution < 1.29 is 4.74 Å². The zero-order chi connectivity index (χ0) is 14.5. The van der Waals surface area contributed by atoms with E-state index in [1.165, 1.54) is 6.33 Å². The van der Waals surface area contributed by atoms with Gasteiger partial charge in [-0.1, -0.05) is 24.6 Å². The first-order valence-corrected chi connectivity index (χ1v) is 6.76. The van der Waals surface area contributed by atoms with Crippen molar-refractivity contribution in [2.45, 2.75) is 20.3 Å². The van der Waals surface area contributed by atoms with E-state index in [4.69, 9.17) is 22.1 Å². The minimum absolute atomic E-state index is 0.374. The molecule has 3 N–H and O–H groups in total. The Morgan fingerprint density at radius 3 is 2.90 bits per heavy atom. The molecule has 5 nitrogen and oxygen atoms in total. The number of nitrogens with zero attached hydrogens (tertiary/aromatic N) is 2. The lowest BCUT2D eigenvalue weighted by atomic mass is 10.2. The molecule has 2 rings (SSSR count). The topological polar surface area (TPSA) is 73.1 Å². The van der Waals surface area contributed by atoms with Crippen LogP contribution in [0.15, 0.2) is 24.5 Å². The number of halogens is 1. The molecule has 0 saturated carbocycles. The quantitative estimate of drug-likeness (QED) is 0.881. The number of anilines is 3. The first-order valence-electron chi connectivity index (χ1n) is 6.38. The molecule has 0 aliphatic heterocycles. The summed E-state index contributed by atoms with van der Waals surface area (Å²) in [5, 5.41) is 3.71. The van der Waals surface area contributed by atoms with Crippen LogP contribution in [0.1, 0.15) is 18.9 Å². The Hall–Kier alpha value is -2.01. The summed E-state index contributed by atoms with van der Waals surface area (Å²) >= 11 is 6.14. The zero-order valence-electron chi connectivity index (χ0n) is 11.5. The number of ether oxygens (including phenoxy) is 1. The van der Waals surface area contributed by atoms with Crippen LogP contribution >= 0.6 is 11.6 Å². The second kappa shape index (κ2) is 6.43. The molecule has 0 spiro atoms. The predicted octanol–water partition coefficient (Wildman–Crippen LogP) is 3.55. The third-order valence-corrected chi connectivity index (χ3v) is 2.99. The smallest absolute Gasteiger partial charge is 0.242 e. The van der Waals surface area contributed by atoms with Gasteiger partial charge in [0.05, 0.1) is 17.3 Å². The van der Waals surface area contributed by atoms with E-state index in [0.29, 0.717) is 29.0 Å². The highest BCUT2D eigenvalue weighted by Gasteiger charge is 2.10. The summed E-state index contributed by atoms with van der Waals surface area (Å²) in [4.78, 5) is 8.15. The van der Waals surface area contributed by atoms with Crippen LogP contribution in [0.2, 0.25) is 5.02 Å². The van der Waals surface area contributed by atoms with Gasteiger partial charge in [-0.15, -0.1) is 0 Å². The predicted molar refractivity (Wildman–Crippen MR) is 81.7 cm³/mol. The standard InChI is InChI=1S/C14H17ClN4O/c1-3-6-20-14-12(16)13(17-8-18-14)19-11-7-9(2)4-5-10(11)15/h4-5,7-8H,3,6,16H2,1-2H3,(H,17,18,19). The monoisotopic (exact) mass is 292 g/mol. The molecule has 0 bridgehead atoms. The number of benzene rings is 1. The van der Waals surface area contributed by atoms with Crippen molar-refractivity contribution in [2.75, 3.05) is 17.7 Å². The van der Waals surface area contributed by atoms with Gasteiger partial charge in [0.15, 0.2) is 5.82 Å². The molecule has 1 aromatic heterocycles. The van der Waals surface area contributed by atoms with Crippen LogP contribution in [0.4, 0.5) is 17.2 Å². The van der Waals surface area contributed by atoms with E-state index < -0.39 is 0 Å². The van der Waals surface area contributed by atoms with E-state index in [-0.39, 0.29) is 0 Å². The summed E-state index contributed by atoms with van der Waals surface area (Å²) in [6.45, 7) is 4.57. The van der Waals surface area contributed by atoms with Gasteiger partial charge in [0.1, 0.15) is 12.0 Å². The van der Waals surface area contributed by atoms with Gasteiger partial charge in [0.2, 0.25) is 5.88 Å². The molecule has 0 aliphatic rings. The Bertz CT molecular complexity index is 604. The summed E-state index contributed by atoms with van der Waals surface area (Å²) in [6, 6.07) is 5.69. The van der Waals surface area contributed by atoms with E-state index >= 15 is 0 Å². The van der Waals surface area contributed by atoms with E-state index in [9.17, 15) is 0 Å². The molecule has 0 unspecified atom stereocenters. The maximum absolute atomic E-state index is 6.14. The Labute approximate surface area is 123 Å². The maximum atomic E-state index is 6.14. The summed E-state index contributed by atoms with van der Waals surface area (Å²) in [5.41, 5.74) is 8.22.